The minimum atomic E-state index is 0.922. The van der Waals surface area contributed by atoms with E-state index >= 15 is 0 Å². The number of benzene rings is 7. The lowest BCUT2D eigenvalue weighted by Gasteiger charge is -2.11. The molecule has 1 heteroatoms. The molecule has 40 heavy (non-hydrogen) atoms. The molecule has 0 saturated heterocycles. The van der Waals surface area contributed by atoms with Crippen molar-refractivity contribution >= 4 is 43.5 Å². The molecule has 0 spiro atoms. The van der Waals surface area contributed by atoms with E-state index in [1.807, 2.05) is 0 Å². The molecule has 0 atom stereocenters. The standard InChI is InChI=1S/C39H24O/c1-3-9-30-26(7-1)20-29-19-24(13-16-32(29)30)25-15-18-38-37(21-25)35-17-14-28(23-39(35)40-38)36-22-27-8-2-4-10-31(27)33-11-5-6-12-34(33)36/h1-19,21-23H,20H2. The van der Waals surface area contributed by atoms with Gasteiger partial charge in [-0.15, -0.1) is 0 Å². The van der Waals surface area contributed by atoms with Gasteiger partial charge in [0.15, 0.2) is 0 Å². The average Bonchev–Trinajstić information content (AvgIpc) is 3.57. The smallest absolute Gasteiger partial charge is 0.136 e. The van der Waals surface area contributed by atoms with Crippen LogP contribution in [0.3, 0.4) is 0 Å². The van der Waals surface area contributed by atoms with Crippen LogP contribution in [0.5, 0.6) is 0 Å². The van der Waals surface area contributed by atoms with Gasteiger partial charge in [0.2, 0.25) is 0 Å². The molecule has 7 aromatic carbocycles. The first-order valence-corrected chi connectivity index (χ1v) is 13.9. The SMILES string of the molecule is c1ccc2c(c1)Cc1cc(-c3ccc4oc5cc(-c6cc7ccccc7c7ccccc67)ccc5c4c3)ccc1-2. The number of furan rings is 1. The number of fused-ring (bicyclic) bond motifs is 9. The Morgan fingerprint density at radius 3 is 2.05 bits per heavy atom. The van der Waals surface area contributed by atoms with E-state index in [0.29, 0.717) is 0 Å². The molecule has 0 aliphatic heterocycles. The zero-order valence-corrected chi connectivity index (χ0v) is 21.8. The fraction of sp³-hybridized carbons (Fsp3) is 0.0256. The van der Waals surface area contributed by atoms with Gasteiger partial charge in [0.25, 0.3) is 0 Å². The van der Waals surface area contributed by atoms with Crippen LogP contribution in [0.15, 0.2) is 138 Å². The predicted molar refractivity (Wildman–Crippen MR) is 168 cm³/mol. The van der Waals surface area contributed by atoms with Crippen LogP contribution < -0.4 is 0 Å². The van der Waals surface area contributed by atoms with Gasteiger partial charge in [-0.2, -0.15) is 0 Å². The third kappa shape index (κ3) is 3.15. The zero-order valence-electron chi connectivity index (χ0n) is 21.8. The number of hydrogen-bond donors (Lipinski definition) is 0. The van der Waals surface area contributed by atoms with Crippen molar-refractivity contribution in [3.8, 4) is 33.4 Å². The summed E-state index contributed by atoms with van der Waals surface area (Å²) in [6.45, 7) is 0. The van der Waals surface area contributed by atoms with E-state index in [-0.39, 0.29) is 0 Å². The highest BCUT2D eigenvalue weighted by Crippen LogP contribution is 2.41. The summed E-state index contributed by atoms with van der Waals surface area (Å²) in [6, 6.07) is 48.6. The van der Waals surface area contributed by atoms with Gasteiger partial charge in [0.05, 0.1) is 0 Å². The Kier molecular flexibility index (Phi) is 4.45. The first kappa shape index (κ1) is 21.8. The Hall–Kier alpha value is -5.14. The summed E-state index contributed by atoms with van der Waals surface area (Å²) in [7, 11) is 0. The van der Waals surface area contributed by atoms with E-state index in [2.05, 4.69) is 133 Å². The van der Waals surface area contributed by atoms with Crippen molar-refractivity contribution in [1.82, 2.24) is 0 Å². The van der Waals surface area contributed by atoms with Crippen LogP contribution in [-0.4, -0.2) is 0 Å². The minimum absolute atomic E-state index is 0.922. The topological polar surface area (TPSA) is 13.1 Å². The highest BCUT2D eigenvalue weighted by atomic mass is 16.3. The maximum absolute atomic E-state index is 6.42. The largest absolute Gasteiger partial charge is 0.456 e. The molecule has 0 radical (unpaired) electrons. The Morgan fingerprint density at radius 1 is 0.375 bits per heavy atom. The fourth-order valence-corrected chi connectivity index (χ4v) is 6.74. The molecule has 1 aliphatic carbocycles. The highest BCUT2D eigenvalue weighted by Gasteiger charge is 2.19. The minimum Gasteiger partial charge on any atom is -0.456 e. The van der Waals surface area contributed by atoms with Gasteiger partial charge < -0.3 is 4.42 Å². The van der Waals surface area contributed by atoms with Gasteiger partial charge in [0.1, 0.15) is 11.2 Å². The lowest BCUT2D eigenvalue weighted by molar-refractivity contribution is 0.669. The molecular weight excluding hydrogens is 484 g/mol. The number of hydrogen-bond acceptors (Lipinski definition) is 1. The van der Waals surface area contributed by atoms with Crippen molar-refractivity contribution in [2.75, 3.05) is 0 Å². The van der Waals surface area contributed by atoms with Crippen LogP contribution in [0.1, 0.15) is 11.1 Å². The molecule has 8 aromatic rings. The van der Waals surface area contributed by atoms with Gasteiger partial charge in [-0.1, -0.05) is 103 Å². The summed E-state index contributed by atoms with van der Waals surface area (Å²) >= 11 is 0. The van der Waals surface area contributed by atoms with Gasteiger partial charge in [-0.25, -0.2) is 0 Å². The molecule has 0 saturated carbocycles. The van der Waals surface area contributed by atoms with Crippen molar-refractivity contribution in [3.05, 3.63) is 145 Å². The van der Waals surface area contributed by atoms with E-state index in [1.165, 1.54) is 66.1 Å². The highest BCUT2D eigenvalue weighted by molar-refractivity contribution is 6.15. The Morgan fingerprint density at radius 2 is 1.10 bits per heavy atom. The molecule has 1 heterocycles. The molecule has 0 amide bonds. The maximum Gasteiger partial charge on any atom is 0.136 e. The third-order valence-electron chi connectivity index (χ3n) is 8.68. The van der Waals surface area contributed by atoms with Crippen molar-refractivity contribution in [2.45, 2.75) is 6.42 Å². The molecule has 186 valence electrons. The molecule has 9 rings (SSSR count). The molecule has 0 unspecified atom stereocenters. The van der Waals surface area contributed by atoms with Crippen molar-refractivity contribution in [2.24, 2.45) is 0 Å². The Bertz CT molecular complexity index is 2300. The van der Waals surface area contributed by atoms with E-state index < -0.39 is 0 Å². The summed E-state index contributed by atoms with van der Waals surface area (Å²) < 4.78 is 6.42. The second-order valence-electron chi connectivity index (χ2n) is 10.9. The van der Waals surface area contributed by atoms with E-state index in [4.69, 9.17) is 4.42 Å². The van der Waals surface area contributed by atoms with Crippen LogP contribution >= 0.6 is 0 Å². The number of rotatable bonds is 2. The summed E-state index contributed by atoms with van der Waals surface area (Å²) in [6.07, 6.45) is 1.00. The normalized spacial score (nSPS) is 12.4. The maximum atomic E-state index is 6.42. The quantitative estimate of drug-likeness (QED) is 0.212. The van der Waals surface area contributed by atoms with Crippen molar-refractivity contribution in [3.63, 3.8) is 0 Å². The molecule has 0 bridgehead atoms. The summed E-state index contributed by atoms with van der Waals surface area (Å²) in [5.41, 5.74) is 12.3. The monoisotopic (exact) mass is 508 g/mol. The van der Waals surface area contributed by atoms with Crippen LogP contribution in [0.2, 0.25) is 0 Å². The average molecular weight is 509 g/mol. The van der Waals surface area contributed by atoms with Gasteiger partial charge in [0, 0.05) is 10.8 Å². The van der Waals surface area contributed by atoms with Crippen molar-refractivity contribution < 1.29 is 4.42 Å². The van der Waals surface area contributed by atoms with E-state index in [1.54, 1.807) is 0 Å². The molecular formula is C39H24O. The van der Waals surface area contributed by atoms with Crippen LogP contribution in [-0.2, 0) is 6.42 Å². The van der Waals surface area contributed by atoms with Crippen LogP contribution in [0.25, 0.3) is 76.9 Å². The Labute approximate surface area is 231 Å². The van der Waals surface area contributed by atoms with E-state index in [9.17, 15) is 0 Å². The van der Waals surface area contributed by atoms with Crippen LogP contribution in [0, 0.1) is 0 Å². The predicted octanol–water partition coefficient (Wildman–Crippen LogP) is 10.8. The van der Waals surface area contributed by atoms with E-state index in [0.717, 1.165) is 28.4 Å². The molecule has 1 aromatic heterocycles. The zero-order chi connectivity index (χ0) is 26.2. The summed E-state index contributed by atoms with van der Waals surface area (Å²) in [4.78, 5) is 0. The first-order valence-electron chi connectivity index (χ1n) is 13.9. The molecule has 0 fully saturated rings. The fourth-order valence-electron chi connectivity index (χ4n) is 6.74. The van der Waals surface area contributed by atoms with Gasteiger partial charge >= 0.3 is 0 Å². The second-order valence-corrected chi connectivity index (χ2v) is 10.9. The van der Waals surface area contributed by atoms with Gasteiger partial charge in [-0.3, -0.25) is 0 Å². The summed E-state index contributed by atoms with van der Waals surface area (Å²) in [5, 5.41) is 7.39. The molecule has 0 N–H and O–H groups in total. The second kappa shape index (κ2) is 8.18. The lowest BCUT2D eigenvalue weighted by atomic mass is 9.93. The molecule has 1 aliphatic rings. The molecule has 1 nitrogen and oxygen atoms in total. The lowest BCUT2D eigenvalue weighted by Crippen LogP contribution is -1.84. The summed E-state index contributed by atoms with van der Waals surface area (Å²) in [5.74, 6) is 0. The van der Waals surface area contributed by atoms with Crippen LogP contribution in [0.4, 0.5) is 0 Å². The Balaban J connectivity index is 1.17. The van der Waals surface area contributed by atoms with Gasteiger partial charge in [-0.05, 0) is 103 Å². The third-order valence-corrected chi connectivity index (χ3v) is 8.68. The van der Waals surface area contributed by atoms with Crippen molar-refractivity contribution in [1.29, 1.82) is 0 Å². The first-order chi connectivity index (χ1) is 19.8.